The molecule has 1 N–H and O–H groups in total. The number of hydrogen-bond acceptors (Lipinski definition) is 2. The van der Waals surface area contributed by atoms with Gasteiger partial charge in [-0.3, -0.25) is 0 Å². The van der Waals surface area contributed by atoms with Crippen molar-refractivity contribution in [3.8, 4) is 0 Å². The number of hydrogen-bond donors (Lipinski definition) is 1. The summed E-state index contributed by atoms with van der Waals surface area (Å²) in [6.45, 7) is -0.319. The highest BCUT2D eigenvalue weighted by molar-refractivity contribution is 5.80. The van der Waals surface area contributed by atoms with Crippen LogP contribution in [0.15, 0.2) is 42.5 Å². The summed E-state index contributed by atoms with van der Waals surface area (Å²) in [6, 6.07) is 10.9. The number of aliphatic hydroxyl groups is 1. The van der Waals surface area contributed by atoms with Crippen LogP contribution in [-0.4, -0.2) is 16.7 Å². The Morgan fingerprint density at radius 1 is 1.27 bits per heavy atom. The zero-order chi connectivity index (χ0) is 10.7. The highest BCUT2D eigenvalue weighted by Crippen LogP contribution is 2.17. The van der Waals surface area contributed by atoms with Crippen molar-refractivity contribution >= 4 is 16.7 Å². The summed E-state index contributed by atoms with van der Waals surface area (Å²) in [5, 5.41) is 9.54. The molecule has 0 fully saturated rings. The van der Waals surface area contributed by atoms with Crippen LogP contribution < -0.4 is 0 Å². The second kappa shape index (κ2) is 4.19. The van der Waals surface area contributed by atoms with Gasteiger partial charge in [-0.25, -0.2) is 9.37 Å². The lowest BCUT2D eigenvalue weighted by Gasteiger charge is -2.00. The van der Waals surface area contributed by atoms with Gasteiger partial charge >= 0.3 is 0 Å². The summed E-state index contributed by atoms with van der Waals surface area (Å²) in [4.78, 5) is 4.14. The number of fused-ring (bicyclic) bond motifs is 1. The van der Waals surface area contributed by atoms with E-state index in [9.17, 15) is 4.39 Å². The van der Waals surface area contributed by atoms with Gasteiger partial charge in [0, 0.05) is 5.39 Å². The molecular formula is C12H10FNO. The molecule has 3 heteroatoms. The third-order valence-corrected chi connectivity index (χ3v) is 2.11. The Labute approximate surface area is 86.7 Å². The molecular weight excluding hydrogens is 193 g/mol. The van der Waals surface area contributed by atoms with E-state index in [-0.39, 0.29) is 12.3 Å². The number of benzene rings is 1. The van der Waals surface area contributed by atoms with Gasteiger partial charge < -0.3 is 5.11 Å². The van der Waals surface area contributed by atoms with Gasteiger partial charge in [0.15, 0.2) is 0 Å². The molecule has 0 aliphatic heterocycles. The topological polar surface area (TPSA) is 33.1 Å². The molecule has 0 radical (unpaired) electrons. The summed E-state index contributed by atoms with van der Waals surface area (Å²) in [7, 11) is 0. The number of halogens is 1. The molecule has 0 bridgehead atoms. The van der Waals surface area contributed by atoms with Crippen molar-refractivity contribution in [3.63, 3.8) is 0 Å². The van der Waals surface area contributed by atoms with Gasteiger partial charge in [-0.15, -0.1) is 0 Å². The van der Waals surface area contributed by atoms with E-state index in [1.807, 2.05) is 30.3 Å². The van der Waals surface area contributed by atoms with Crippen LogP contribution in [0.1, 0.15) is 5.69 Å². The third-order valence-electron chi connectivity index (χ3n) is 2.11. The lowest BCUT2D eigenvalue weighted by Crippen LogP contribution is -1.87. The van der Waals surface area contributed by atoms with Crippen LogP contribution in [0.5, 0.6) is 0 Å². The molecule has 0 aliphatic rings. The Morgan fingerprint density at radius 3 is 2.87 bits per heavy atom. The quantitative estimate of drug-likeness (QED) is 0.813. The summed E-state index contributed by atoms with van der Waals surface area (Å²) in [5.41, 5.74) is 0.999. The van der Waals surface area contributed by atoms with Gasteiger partial charge in [0.1, 0.15) is 5.83 Å². The molecule has 0 saturated heterocycles. The minimum Gasteiger partial charge on any atom is -0.392 e. The smallest absolute Gasteiger partial charge is 0.147 e. The van der Waals surface area contributed by atoms with Crippen molar-refractivity contribution in [2.45, 2.75) is 0 Å². The second-order valence-electron chi connectivity index (χ2n) is 3.12. The number of para-hydroxylation sites is 1. The SMILES string of the molecule is OC/C=C(\F)c1ccc2ccccc2n1. The highest BCUT2D eigenvalue weighted by atomic mass is 19.1. The van der Waals surface area contributed by atoms with E-state index in [4.69, 9.17) is 5.11 Å². The summed E-state index contributed by atoms with van der Waals surface area (Å²) in [5.74, 6) is -0.497. The zero-order valence-electron chi connectivity index (χ0n) is 8.02. The monoisotopic (exact) mass is 203 g/mol. The number of nitrogens with zero attached hydrogens (tertiary/aromatic N) is 1. The second-order valence-corrected chi connectivity index (χ2v) is 3.12. The maximum atomic E-state index is 13.3. The minimum atomic E-state index is -0.497. The van der Waals surface area contributed by atoms with E-state index < -0.39 is 5.83 Å². The predicted molar refractivity (Wildman–Crippen MR) is 57.9 cm³/mol. The largest absolute Gasteiger partial charge is 0.392 e. The minimum absolute atomic E-state index is 0.253. The van der Waals surface area contributed by atoms with E-state index in [2.05, 4.69) is 4.98 Å². The van der Waals surface area contributed by atoms with E-state index in [1.54, 1.807) is 6.07 Å². The average Bonchev–Trinajstić information content (AvgIpc) is 2.29. The maximum absolute atomic E-state index is 13.3. The fourth-order valence-electron chi connectivity index (χ4n) is 1.38. The van der Waals surface area contributed by atoms with Crippen molar-refractivity contribution in [2.24, 2.45) is 0 Å². The van der Waals surface area contributed by atoms with Crippen molar-refractivity contribution in [1.29, 1.82) is 0 Å². The number of pyridine rings is 1. The van der Waals surface area contributed by atoms with Crippen LogP contribution in [-0.2, 0) is 0 Å². The van der Waals surface area contributed by atoms with Crippen LogP contribution in [0, 0.1) is 0 Å². The zero-order valence-corrected chi connectivity index (χ0v) is 8.02. The molecule has 76 valence electrons. The molecule has 0 saturated carbocycles. The van der Waals surface area contributed by atoms with Gasteiger partial charge in [0.2, 0.25) is 0 Å². The standard InChI is InChI=1S/C12H10FNO/c13-10(7-8-15)12-6-5-9-3-1-2-4-11(9)14-12/h1-7,15H,8H2/b10-7-. The normalized spacial score (nSPS) is 12.0. The Bertz CT molecular complexity index is 508. The molecule has 2 rings (SSSR count). The predicted octanol–water partition coefficient (Wildman–Crippen LogP) is 2.54. The van der Waals surface area contributed by atoms with Crippen LogP contribution in [0.25, 0.3) is 16.7 Å². The summed E-state index contributed by atoms with van der Waals surface area (Å²) < 4.78 is 13.3. The Balaban J connectivity index is 2.51. The Hall–Kier alpha value is -1.74. The number of aliphatic hydroxyl groups excluding tert-OH is 1. The molecule has 1 heterocycles. The molecule has 0 unspecified atom stereocenters. The fourth-order valence-corrected chi connectivity index (χ4v) is 1.38. The van der Waals surface area contributed by atoms with Crippen molar-refractivity contribution in [2.75, 3.05) is 6.61 Å². The van der Waals surface area contributed by atoms with Gasteiger partial charge in [0.25, 0.3) is 0 Å². The molecule has 0 spiro atoms. The molecule has 1 aromatic carbocycles. The molecule has 0 amide bonds. The molecule has 15 heavy (non-hydrogen) atoms. The Kier molecular flexibility index (Phi) is 2.74. The average molecular weight is 203 g/mol. The van der Waals surface area contributed by atoms with Gasteiger partial charge in [-0.1, -0.05) is 24.3 Å². The lowest BCUT2D eigenvalue weighted by atomic mass is 10.2. The first-order valence-corrected chi connectivity index (χ1v) is 4.64. The maximum Gasteiger partial charge on any atom is 0.147 e. The summed E-state index contributed by atoms with van der Waals surface area (Å²) in [6.07, 6.45) is 1.09. The van der Waals surface area contributed by atoms with Crippen molar-refractivity contribution in [1.82, 2.24) is 4.98 Å². The highest BCUT2D eigenvalue weighted by Gasteiger charge is 2.02. The van der Waals surface area contributed by atoms with Crippen LogP contribution >= 0.6 is 0 Å². The van der Waals surface area contributed by atoms with E-state index in [1.165, 1.54) is 0 Å². The molecule has 0 atom stereocenters. The van der Waals surface area contributed by atoms with Crippen LogP contribution in [0.2, 0.25) is 0 Å². The van der Waals surface area contributed by atoms with Crippen molar-refractivity contribution < 1.29 is 9.50 Å². The molecule has 0 aliphatic carbocycles. The number of rotatable bonds is 2. The van der Waals surface area contributed by atoms with Crippen LogP contribution in [0.4, 0.5) is 4.39 Å². The van der Waals surface area contributed by atoms with Crippen molar-refractivity contribution in [3.05, 3.63) is 48.2 Å². The molecule has 2 nitrogen and oxygen atoms in total. The number of aromatic nitrogens is 1. The lowest BCUT2D eigenvalue weighted by molar-refractivity contribution is 0.342. The van der Waals surface area contributed by atoms with E-state index in [0.29, 0.717) is 0 Å². The van der Waals surface area contributed by atoms with Gasteiger partial charge in [-0.2, -0.15) is 0 Å². The fraction of sp³-hybridized carbons (Fsp3) is 0.0833. The van der Waals surface area contributed by atoms with E-state index >= 15 is 0 Å². The first kappa shape index (κ1) is 9.80. The summed E-state index contributed by atoms with van der Waals surface area (Å²) >= 11 is 0. The first-order valence-electron chi connectivity index (χ1n) is 4.64. The first-order chi connectivity index (χ1) is 7.31. The Morgan fingerprint density at radius 2 is 2.07 bits per heavy atom. The van der Waals surface area contributed by atoms with Gasteiger partial charge in [-0.05, 0) is 18.2 Å². The van der Waals surface area contributed by atoms with E-state index in [0.717, 1.165) is 17.0 Å². The van der Waals surface area contributed by atoms with Crippen LogP contribution in [0.3, 0.4) is 0 Å². The molecule has 2 aromatic rings. The third kappa shape index (κ3) is 2.02. The van der Waals surface area contributed by atoms with Gasteiger partial charge in [0.05, 0.1) is 17.8 Å². The molecule has 1 aromatic heterocycles.